The highest BCUT2D eigenvalue weighted by Gasteiger charge is 2.13. The van der Waals surface area contributed by atoms with Gasteiger partial charge in [-0.1, -0.05) is 34.1 Å². The van der Waals surface area contributed by atoms with Crippen LogP contribution in [-0.2, 0) is 13.1 Å². The van der Waals surface area contributed by atoms with Gasteiger partial charge in [-0.15, -0.1) is 0 Å². The number of rotatable bonds is 5. The Kier molecular flexibility index (Phi) is 5.37. The average Bonchev–Trinajstić information content (AvgIpc) is 2.40. The molecule has 0 radical (unpaired) electrons. The van der Waals surface area contributed by atoms with E-state index in [1.807, 2.05) is 24.3 Å². The minimum absolute atomic E-state index is 0.224. The van der Waals surface area contributed by atoms with Crippen LogP contribution in [-0.4, -0.2) is 10.9 Å². The molecule has 2 nitrogen and oxygen atoms in total. The number of benzene rings is 2. The van der Waals surface area contributed by atoms with E-state index in [1.54, 1.807) is 0 Å². The van der Waals surface area contributed by atoms with Gasteiger partial charge in [0.15, 0.2) is 0 Å². The summed E-state index contributed by atoms with van der Waals surface area (Å²) >= 11 is 3.44. The van der Waals surface area contributed by atoms with Gasteiger partial charge in [-0.3, -0.25) is 4.90 Å². The highest BCUT2D eigenvalue weighted by atomic mass is 79.9. The summed E-state index contributed by atoms with van der Waals surface area (Å²) in [7, 11) is 0. The van der Waals surface area contributed by atoms with Crippen molar-refractivity contribution in [2.45, 2.75) is 33.0 Å². The molecule has 0 amide bonds. The van der Waals surface area contributed by atoms with Crippen LogP contribution in [0.15, 0.2) is 46.9 Å². The Morgan fingerprint density at radius 1 is 1.14 bits per heavy atom. The van der Waals surface area contributed by atoms with E-state index in [-0.39, 0.29) is 5.82 Å². The van der Waals surface area contributed by atoms with E-state index in [4.69, 9.17) is 5.73 Å². The Bertz CT molecular complexity index is 613. The van der Waals surface area contributed by atoms with E-state index in [9.17, 15) is 4.39 Å². The second kappa shape index (κ2) is 7.05. The standard InChI is InChI=1S/C17H20BrFN2/c1-12(2)21(10-13-4-3-5-16(20)8-13)11-14-6-7-15(19)9-17(14)18/h3-9,12H,10-11,20H2,1-2H3. The molecular weight excluding hydrogens is 331 g/mol. The molecule has 0 fully saturated rings. The lowest BCUT2D eigenvalue weighted by atomic mass is 10.1. The second-order valence-corrected chi connectivity index (χ2v) is 6.33. The van der Waals surface area contributed by atoms with Crippen molar-refractivity contribution in [1.29, 1.82) is 0 Å². The van der Waals surface area contributed by atoms with Gasteiger partial charge in [0, 0.05) is 29.3 Å². The second-order valence-electron chi connectivity index (χ2n) is 5.48. The van der Waals surface area contributed by atoms with Gasteiger partial charge < -0.3 is 5.73 Å². The van der Waals surface area contributed by atoms with Crippen molar-refractivity contribution in [2.75, 3.05) is 5.73 Å². The fourth-order valence-electron chi connectivity index (χ4n) is 2.22. The Hall–Kier alpha value is -1.39. The first-order chi connectivity index (χ1) is 9.95. The van der Waals surface area contributed by atoms with Gasteiger partial charge in [0.05, 0.1) is 0 Å². The SMILES string of the molecule is CC(C)N(Cc1cccc(N)c1)Cc1ccc(F)cc1Br. The third kappa shape index (κ3) is 4.55. The van der Waals surface area contributed by atoms with Gasteiger partial charge in [0.1, 0.15) is 5.82 Å². The molecule has 0 atom stereocenters. The summed E-state index contributed by atoms with van der Waals surface area (Å²) in [6.07, 6.45) is 0. The molecule has 4 heteroatoms. The van der Waals surface area contributed by atoms with Crippen LogP contribution in [0, 0.1) is 5.82 Å². The summed E-state index contributed by atoms with van der Waals surface area (Å²) in [6.45, 7) is 5.88. The largest absolute Gasteiger partial charge is 0.399 e. The molecule has 112 valence electrons. The average molecular weight is 351 g/mol. The summed E-state index contributed by atoms with van der Waals surface area (Å²) in [5.41, 5.74) is 8.87. The first kappa shape index (κ1) is 16.0. The topological polar surface area (TPSA) is 29.3 Å². The first-order valence-electron chi connectivity index (χ1n) is 6.98. The maximum atomic E-state index is 13.2. The lowest BCUT2D eigenvalue weighted by molar-refractivity contribution is 0.203. The van der Waals surface area contributed by atoms with Crippen LogP contribution >= 0.6 is 15.9 Å². The zero-order valence-corrected chi connectivity index (χ0v) is 13.9. The maximum Gasteiger partial charge on any atom is 0.124 e. The number of nitrogen functional groups attached to an aromatic ring is 1. The monoisotopic (exact) mass is 350 g/mol. The fourth-order valence-corrected chi connectivity index (χ4v) is 2.69. The molecule has 0 aliphatic rings. The van der Waals surface area contributed by atoms with Crippen LogP contribution in [0.2, 0.25) is 0 Å². The molecule has 0 heterocycles. The van der Waals surface area contributed by atoms with Crippen molar-refractivity contribution < 1.29 is 4.39 Å². The van der Waals surface area contributed by atoms with Gasteiger partial charge in [0.25, 0.3) is 0 Å². The zero-order valence-electron chi connectivity index (χ0n) is 12.3. The van der Waals surface area contributed by atoms with Crippen molar-refractivity contribution in [3.8, 4) is 0 Å². The van der Waals surface area contributed by atoms with E-state index in [1.165, 1.54) is 17.7 Å². The molecule has 21 heavy (non-hydrogen) atoms. The molecule has 0 spiro atoms. The quantitative estimate of drug-likeness (QED) is 0.799. The predicted octanol–water partition coefficient (Wildman–Crippen LogP) is 4.58. The Labute approximate surface area is 133 Å². The summed E-state index contributed by atoms with van der Waals surface area (Å²) in [4.78, 5) is 2.33. The normalized spacial score (nSPS) is 11.3. The molecule has 0 saturated carbocycles. The molecule has 0 bridgehead atoms. The van der Waals surface area contributed by atoms with Crippen molar-refractivity contribution in [2.24, 2.45) is 0 Å². The lowest BCUT2D eigenvalue weighted by Crippen LogP contribution is -2.30. The minimum atomic E-state index is -0.224. The minimum Gasteiger partial charge on any atom is -0.399 e. The number of hydrogen-bond acceptors (Lipinski definition) is 2. The maximum absolute atomic E-state index is 13.2. The summed E-state index contributed by atoms with van der Waals surface area (Å²) < 4.78 is 14.0. The molecule has 2 rings (SSSR count). The van der Waals surface area contributed by atoms with E-state index < -0.39 is 0 Å². The first-order valence-corrected chi connectivity index (χ1v) is 7.77. The zero-order chi connectivity index (χ0) is 15.4. The smallest absolute Gasteiger partial charge is 0.124 e. The van der Waals surface area contributed by atoms with Crippen molar-refractivity contribution in [1.82, 2.24) is 4.90 Å². The van der Waals surface area contributed by atoms with Gasteiger partial charge in [-0.25, -0.2) is 4.39 Å². The molecule has 0 aliphatic heterocycles. The summed E-state index contributed by atoms with van der Waals surface area (Å²) in [6, 6.07) is 13.1. The van der Waals surface area contributed by atoms with Gasteiger partial charge in [-0.05, 0) is 49.2 Å². The summed E-state index contributed by atoms with van der Waals surface area (Å²) in [5.74, 6) is -0.224. The fraction of sp³-hybridized carbons (Fsp3) is 0.294. The van der Waals surface area contributed by atoms with Crippen LogP contribution in [0.1, 0.15) is 25.0 Å². The molecule has 2 aromatic carbocycles. The Morgan fingerprint density at radius 2 is 1.90 bits per heavy atom. The molecular formula is C17H20BrFN2. The van der Waals surface area contributed by atoms with Crippen molar-refractivity contribution in [3.05, 3.63) is 63.9 Å². The Balaban J connectivity index is 2.16. The van der Waals surface area contributed by atoms with Crippen LogP contribution in [0.4, 0.5) is 10.1 Å². The van der Waals surface area contributed by atoms with E-state index in [2.05, 4.69) is 40.7 Å². The molecule has 2 aromatic rings. The van der Waals surface area contributed by atoms with Gasteiger partial charge in [-0.2, -0.15) is 0 Å². The van der Waals surface area contributed by atoms with Crippen LogP contribution in [0.3, 0.4) is 0 Å². The lowest BCUT2D eigenvalue weighted by Gasteiger charge is -2.27. The van der Waals surface area contributed by atoms with Crippen LogP contribution < -0.4 is 5.73 Å². The number of nitrogens with two attached hydrogens (primary N) is 1. The number of hydrogen-bond donors (Lipinski definition) is 1. The molecule has 0 aliphatic carbocycles. The van der Waals surface area contributed by atoms with E-state index >= 15 is 0 Å². The summed E-state index contributed by atoms with van der Waals surface area (Å²) in [5, 5.41) is 0. The number of halogens is 2. The van der Waals surface area contributed by atoms with Crippen LogP contribution in [0.5, 0.6) is 0 Å². The third-order valence-corrected chi connectivity index (χ3v) is 4.19. The Morgan fingerprint density at radius 3 is 2.52 bits per heavy atom. The van der Waals surface area contributed by atoms with Crippen LogP contribution in [0.25, 0.3) is 0 Å². The predicted molar refractivity (Wildman–Crippen MR) is 89.3 cm³/mol. The molecule has 0 unspecified atom stereocenters. The molecule has 0 aromatic heterocycles. The van der Waals surface area contributed by atoms with Crippen molar-refractivity contribution in [3.63, 3.8) is 0 Å². The van der Waals surface area contributed by atoms with E-state index in [0.29, 0.717) is 6.04 Å². The van der Waals surface area contributed by atoms with Gasteiger partial charge in [0.2, 0.25) is 0 Å². The number of nitrogens with zero attached hydrogens (tertiary/aromatic N) is 1. The highest BCUT2D eigenvalue weighted by molar-refractivity contribution is 9.10. The number of anilines is 1. The van der Waals surface area contributed by atoms with E-state index in [0.717, 1.165) is 28.8 Å². The third-order valence-electron chi connectivity index (χ3n) is 3.46. The molecule has 2 N–H and O–H groups in total. The highest BCUT2D eigenvalue weighted by Crippen LogP contribution is 2.22. The molecule has 0 saturated heterocycles. The van der Waals surface area contributed by atoms with Crippen molar-refractivity contribution >= 4 is 21.6 Å². The van der Waals surface area contributed by atoms with Gasteiger partial charge >= 0.3 is 0 Å².